The number of nitrogens with one attached hydrogen (secondary N) is 1. The van der Waals surface area contributed by atoms with Crippen molar-refractivity contribution >= 4 is 0 Å². The maximum absolute atomic E-state index is 10.7. The van der Waals surface area contributed by atoms with Crippen LogP contribution in [0, 0.1) is 5.92 Å². The lowest BCUT2D eigenvalue weighted by Crippen LogP contribution is -2.45. The Kier molecular flexibility index (Phi) is 7.13. The topological polar surface area (TPSA) is 44.7 Å². The van der Waals surface area contributed by atoms with Crippen LogP contribution in [0.3, 0.4) is 0 Å². The third-order valence-corrected chi connectivity index (χ3v) is 5.22. The van der Waals surface area contributed by atoms with E-state index < -0.39 is 0 Å². The van der Waals surface area contributed by atoms with E-state index in [9.17, 15) is 5.11 Å². The van der Waals surface area contributed by atoms with Crippen LogP contribution < -0.4 is 10.1 Å². The number of hydrogen-bond donors (Lipinski definition) is 2. The Balaban J connectivity index is 1.71. The normalized spacial score (nSPS) is 16.4. The van der Waals surface area contributed by atoms with Crippen LogP contribution in [0.4, 0.5) is 0 Å². The summed E-state index contributed by atoms with van der Waals surface area (Å²) < 4.78 is 5.87. The first kappa shape index (κ1) is 19.7. The zero-order chi connectivity index (χ0) is 19.1. The first-order chi connectivity index (χ1) is 13.1. The van der Waals surface area contributed by atoms with Gasteiger partial charge in [0.05, 0.1) is 0 Å². The zero-order valence-electron chi connectivity index (χ0n) is 16.5. The van der Waals surface area contributed by atoms with Gasteiger partial charge in [-0.3, -0.25) is 4.90 Å². The molecule has 2 N–H and O–H groups in total. The Hall–Kier alpha value is -2.04. The van der Waals surface area contributed by atoms with E-state index in [1.165, 1.54) is 0 Å². The number of ether oxygens (including phenoxy) is 1. The molecule has 2 aromatic rings. The number of piperazine rings is 1. The summed E-state index contributed by atoms with van der Waals surface area (Å²) in [7, 11) is 0. The van der Waals surface area contributed by atoms with Crippen molar-refractivity contribution in [3.05, 3.63) is 59.7 Å². The van der Waals surface area contributed by atoms with Crippen LogP contribution in [0.15, 0.2) is 48.5 Å². The second-order valence-electron chi connectivity index (χ2n) is 7.77. The smallest absolute Gasteiger partial charge is 0.124 e. The van der Waals surface area contributed by atoms with Crippen molar-refractivity contribution in [1.29, 1.82) is 0 Å². The number of phenolic OH excluding ortho intramolecular Hbond substituents is 1. The zero-order valence-corrected chi connectivity index (χ0v) is 16.5. The van der Waals surface area contributed by atoms with E-state index in [0.717, 1.165) is 50.1 Å². The summed E-state index contributed by atoms with van der Waals surface area (Å²) in [4.78, 5) is 2.50. The summed E-state index contributed by atoms with van der Waals surface area (Å²) >= 11 is 0. The monoisotopic (exact) mass is 368 g/mol. The van der Waals surface area contributed by atoms with Gasteiger partial charge in [-0.25, -0.2) is 0 Å². The number of rotatable bonds is 8. The molecule has 0 radical (unpaired) electrons. The van der Waals surface area contributed by atoms with Gasteiger partial charge in [0.1, 0.15) is 18.1 Å². The molecule has 3 rings (SSSR count). The highest BCUT2D eigenvalue weighted by Gasteiger charge is 2.24. The van der Waals surface area contributed by atoms with Gasteiger partial charge in [-0.15, -0.1) is 0 Å². The number of nitrogens with zero attached hydrogens (tertiary/aromatic N) is 1. The lowest BCUT2D eigenvalue weighted by Gasteiger charge is -2.36. The van der Waals surface area contributed by atoms with E-state index in [2.05, 4.69) is 24.1 Å². The molecule has 1 heterocycles. The SMILES string of the molecule is CC(C)CC[C@H](c1ccc(OCc2ccccc2)cc1O)N1CCNCC1. The molecule has 0 amide bonds. The fraction of sp³-hybridized carbons (Fsp3) is 0.478. The molecule has 1 atom stereocenters. The summed E-state index contributed by atoms with van der Waals surface area (Å²) in [5.41, 5.74) is 2.14. The van der Waals surface area contributed by atoms with Gasteiger partial charge in [0, 0.05) is 43.9 Å². The van der Waals surface area contributed by atoms with Crippen molar-refractivity contribution < 1.29 is 9.84 Å². The lowest BCUT2D eigenvalue weighted by molar-refractivity contribution is 0.157. The molecule has 0 spiro atoms. The van der Waals surface area contributed by atoms with E-state index >= 15 is 0 Å². The molecule has 1 saturated heterocycles. The summed E-state index contributed by atoms with van der Waals surface area (Å²) in [6, 6.07) is 16.2. The molecule has 4 heteroatoms. The maximum atomic E-state index is 10.7. The molecule has 1 aliphatic rings. The third-order valence-electron chi connectivity index (χ3n) is 5.22. The van der Waals surface area contributed by atoms with E-state index in [-0.39, 0.29) is 6.04 Å². The van der Waals surface area contributed by atoms with Crippen LogP contribution in [-0.4, -0.2) is 36.2 Å². The van der Waals surface area contributed by atoms with E-state index in [0.29, 0.717) is 24.0 Å². The highest BCUT2D eigenvalue weighted by atomic mass is 16.5. The second-order valence-corrected chi connectivity index (χ2v) is 7.77. The fourth-order valence-corrected chi connectivity index (χ4v) is 3.66. The molecule has 2 aromatic carbocycles. The third kappa shape index (κ3) is 5.72. The van der Waals surface area contributed by atoms with Gasteiger partial charge >= 0.3 is 0 Å². The first-order valence-electron chi connectivity index (χ1n) is 10.1. The van der Waals surface area contributed by atoms with E-state index in [1.807, 2.05) is 42.5 Å². The van der Waals surface area contributed by atoms with Crippen molar-refractivity contribution in [1.82, 2.24) is 10.2 Å². The molecule has 0 aliphatic carbocycles. The van der Waals surface area contributed by atoms with Crippen LogP contribution in [0.25, 0.3) is 0 Å². The Labute approximate surface area is 163 Å². The van der Waals surface area contributed by atoms with Crippen LogP contribution in [-0.2, 0) is 6.61 Å². The molecule has 146 valence electrons. The van der Waals surface area contributed by atoms with Crippen molar-refractivity contribution in [2.24, 2.45) is 5.92 Å². The van der Waals surface area contributed by atoms with Crippen LogP contribution in [0.5, 0.6) is 11.5 Å². The Morgan fingerprint density at radius 1 is 1.04 bits per heavy atom. The van der Waals surface area contributed by atoms with Crippen LogP contribution in [0.1, 0.15) is 43.9 Å². The molecule has 0 saturated carbocycles. The minimum absolute atomic E-state index is 0.262. The van der Waals surface area contributed by atoms with Gasteiger partial charge in [0.25, 0.3) is 0 Å². The summed E-state index contributed by atoms with van der Waals surface area (Å²) in [6.45, 7) is 9.09. The van der Waals surface area contributed by atoms with Gasteiger partial charge in [0.2, 0.25) is 0 Å². The van der Waals surface area contributed by atoms with Gasteiger partial charge in [-0.2, -0.15) is 0 Å². The number of hydrogen-bond acceptors (Lipinski definition) is 4. The van der Waals surface area contributed by atoms with Crippen molar-refractivity contribution in [3.63, 3.8) is 0 Å². The molecule has 0 unspecified atom stereocenters. The number of phenols is 1. The molecule has 0 bridgehead atoms. The highest BCUT2D eigenvalue weighted by molar-refractivity contribution is 5.41. The first-order valence-corrected chi connectivity index (χ1v) is 10.1. The maximum Gasteiger partial charge on any atom is 0.124 e. The molecule has 27 heavy (non-hydrogen) atoms. The summed E-state index contributed by atoms with van der Waals surface area (Å²) in [6.07, 6.45) is 2.22. The van der Waals surface area contributed by atoms with Gasteiger partial charge in [-0.05, 0) is 30.4 Å². The van der Waals surface area contributed by atoms with Crippen molar-refractivity contribution in [3.8, 4) is 11.5 Å². The van der Waals surface area contributed by atoms with Gasteiger partial charge < -0.3 is 15.2 Å². The highest BCUT2D eigenvalue weighted by Crippen LogP contribution is 2.35. The molecule has 1 aliphatic heterocycles. The Bertz CT molecular complexity index is 697. The summed E-state index contributed by atoms with van der Waals surface area (Å²) in [5, 5.41) is 14.2. The van der Waals surface area contributed by atoms with Crippen LogP contribution in [0.2, 0.25) is 0 Å². The average molecular weight is 369 g/mol. The standard InChI is InChI=1S/C23H32N2O2/c1-18(2)8-11-22(25-14-12-24-13-15-25)21-10-9-20(16-23(21)26)27-17-19-6-4-3-5-7-19/h3-7,9-10,16,18,22,24,26H,8,11-15,17H2,1-2H3/t22-/m1/s1. The van der Waals surface area contributed by atoms with Crippen LogP contribution >= 0.6 is 0 Å². The van der Waals surface area contributed by atoms with Crippen molar-refractivity contribution in [2.45, 2.75) is 39.3 Å². The quantitative estimate of drug-likeness (QED) is 0.727. The predicted octanol–water partition coefficient (Wildman–Crippen LogP) is 4.35. The summed E-state index contributed by atoms with van der Waals surface area (Å²) in [5.74, 6) is 1.71. The molecule has 1 fully saturated rings. The molecule has 4 nitrogen and oxygen atoms in total. The lowest BCUT2D eigenvalue weighted by atomic mass is 9.95. The minimum atomic E-state index is 0.262. The van der Waals surface area contributed by atoms with E-state index in [4.69, 9.17) is 4.74 Å². The van der Waals surface area contributed by atoms with E-state index in [1.54, 1.807) is 6.07 Å². The Morgan fingerprint density at radius 3 is 2.44 bits per heavy atom. The van der Waals surface area contributed by atoms with Crippen molar-refractivity contribution in [2.75, 3.05) is 26.2 Å². The number of aromatic hydroxyl groups is 1. The predicted molar refractivity (Wildman–Crippen MR) is 110 cm³/mol. The molecular weight excluding hydrogens is 336 g/mol. The molecular formula is C23H32N2O2. The minimum Gasteiger partial charge on any atom is -0.507 e. The van der Waals surface area contributed by atoms with Gasteiger partial charge in [0.15, 0.2) is 0 Å². The number of benzene rings is 2. The van der Waals surface area contributed by atoms with Gasteiger partial charge in [-0.1, -0.05) is 50.2 Å². The Morgan fingerprint density at radius 2 is 1.78 bits per heavy atom. The second kappa shape index (κ2) is 9.77. The largest absolute Gasteiger partial charge is 0.507 e. The average Bonchev–Trinajstić information content (AvgIpc) is 2.69. The molecule has 0 aromatic heterocycles. The fourth-order valence-electron chi connectivity index (χ4n) is 3.66.